The zero-order valence-electron chi connectivity index (χ0n) is 21.5. The number of sulfone groups is 1. The molecule has 11 heteroatoms. The second kappa shape index (κ2) is 11.7. The topological polar surface area (TPSA) is 116 Å². The molecule has 1 aliphatic carbocycles. The van der Waals surface area contributed by atoms with E-state index < -0.39 is 9.84 Å². The molecule has 1 saturated carbocycles. The third-order valence-electron chi connectivity index (χ3n) is 7.49. The van der Waals surface area contributed by atoms with E-state index in [1.165, 1.54) is 32.1 Å². The van der Waals surface area contributed by atoms with Crippen LogP contribution in [0.1, 0.15) is 39.0 Å². The van der Waals surface area contributed by atoms with Gasteiger partial charge in [0.05, 0.1) is 23.6 Å². The Morgan fingerprint density at radius 2 is 1.76 bits per heavy atom. The molecular weight excluding hydrogens is 490 g/mol. The molecule has 0 atom stereocenters. The van der Waals surface area contributed by atoms with Gasteiger partial charge in [0, 0.05) is 38.4 Å². The molecule has 2 fully saturated rings. The summed E-state index contributed by atoms with van der Waals surface area (Å²) in [5.41, 5.74) is 1.90. The van der Waals surface area contributed by atoms with Gasteiger partial charge >= 0.3 is 0 Å². The molecule has 2 N–H and O–H groups in total. The molecule has 3 aromatic rings. The Morgan fingerprint density at radius 1 is 1.03 bits per heavy atom. The van der Waals surface area contributed by atoms with Gasteiger partial charge in [-0.2, -0.15) is 9.97 Å². The number of anilines is 2. The predicted octanol–water partition coefficient (Wildman–Crippen LogP) is 3.47. The Kier molecular flexibility index (Phi) is 8.21. The Morgan fingerprint density at radius 3 is 2.49 bits per heavy atom. The maximum atomic E-state index is 12.9. The predicted molar refractivity (Wildman–Crippen MR) is 144 cm³/mol. The molecule has 200 valence electrons. The monoisotopic (exact) mass is 527 g/mol. The number of aromatic nitrogens is 4. The fourth-order valence-electron chi connectivity index (χ4n) is 5.09. The smallest absolute Gasteiger partial charge is 0.245 e. The van der Waals surface area contributed by atoms with E-state index in [9.17, 15) is 8.42 Å². The summed E-state index contributed by atoms with van der Waals surface area (Å²) in [7, 11) is -3.36. The van der Waals surface area contributed by atoms with Crippen molar-refractivity contribution in [2.45, 2.75) is 43.9 Å². The molecule has 0 unspecified atom stereocenters. The molecule has 0 bridgehead atoms. The lowest BCUT2D eigenvalue weighted by Crippen LogP contribution is -2.47. The lowest BCUT2D eigenvalue weighted by molar-refractivity contribution is 0.143. The molecule has 1 aliphatic heterocycles. The van der Waals surface area contributed by atoms with Gasteiger partial charge in [-0.15, -0.1) is 0 Å². The van der Waals surface area contributed by atoms with Crippen molar-refractivity contribution in [3.8, 4) is 5.88 Å². The van der Waals surface area contributed by atoms with Crippen LogP contribution in [-0.4, -0.2) is 89.8 Å². The van der Waals surface area contributed by atoms with Gasteiger partial charge < -0.3 is 19.9 Å². The summed E-state index contributed by atoms with van der Waals surface area (Å²) in [5.74, 6) is 1.51. The third kappa shape index (κ3) is 6.58. The summed E-state index contributed by atoms with van der Waals surface area (Å²) in [5, 5.41) is 3.17. The summed E-state index contributed by atoms with van der Waals surface area (Å²) in [6.45, 7) is 8.21. The minimum atomic E-state index is -3.36. The van der Waals surface area contributed by atoms with Gasteiger partial charge in [0.2, 0.25) is 11.8 Å². The first kappa shape index (κ1) is 25.9. The molecule has 1 aromatic carbocycles. The Hall–Kier alpha value is -2.76. The lowest BCUT2D eigenvalue weighted by Gasteiger charge is -2.33. The van der Waals surface area contributed by atoms with E-state index in [2.05, 4.69) is 42.0 Å². The van der Waals surface area contributed by atoms with Crippen LogP contribution in [0.5, 0.6) is 5.88 Å². The number of imidazole rings is 1. The average molecular weight is 528 g/mol. The molecule has 2 aromatic heterocycles. The van der Waals surface area contributed by atoms with Crippen molar-refractivity contribution in [3.05, 3.63) is 30.6 Å². The molecule has 5 rings (SSSR count). The number of rotatable bonds is 10. The first-order valence-corrected chi connectivity index (χ1v) is 15.0. The van der Waals surface area contributed by atoms with Crippen LogP contribution in [0.15, 0.2) is 35.5 Å². The number of benzene rings is 1. The van der Waals surface area contributed by atoms with Crippen LogP contribution in [0.4, 0.5) is 11.6 Å². The van der Waals surface area contributed by atoms with Crippen LogP contribution < -0.4 is 10.1 Å². The van der Waals surface area contributed by atoms with Crippen molar-refractivity contribution in [1.82, 2.24) is 29.7 Å². The molecule has 37 heavy (non-hydrogen) atoms. The van der Waals surface area contributed by atoms with E-state index in [1.54, 1.807) is 30.6 Å². The highest BCUT2D eigenvalue weighted by atomic mass is 32.2. The van der Waals surface area contributed by atoms with Crippen LogP contribution in [0.3, 0.4) is 0 Å². The first-order chi connectivity index (χ1) is 18.0. The number of likely N-dealkylation sites (N-methyl/N-ethyl adjacent to an activating group) is 1. The fourth-order valence-corrected chi connectivity index (χ4v) is 6.37. The molecule has 0 radical (unpaired) electrons. The highest BCUT2D eigenvalue weighted by Gasteiger charge is 2.21. The first-order valence-electron chi connectivity index (χ1n) is 13.4. The summed E-state index contributed by atoms with van der Waals surface area (Å²) < 4.78 is 31.9. The summed E-state index contributed by atoms with van der Waals surface area (Å²) in [6.07, 6.45) is 7.77. The number of H-pyrrole nitrogens is 1. The number of hydrogen-bond acceptors (Lipinski definition) is 9. The van der Waals surface area contributed by atoms with E-state index in [0.29, 0.717) is 52.6 Å². The summed E-state index contributed by atoms with van der Waals surface area (Å²) >= 11 is 0. The highest BCUT2D eigenvalue weighted by Crippen LogP contribution is 2.27. The minimum Gasteiger partial charge on any atom is -0.476 e. The van der Waals surface area contributed by atoms with E-state index >= 15 is 0 Å². The van der Waals surface area contributed by atoms with Crippen molar-refractivity contribution in [1.29, 1.82) is 0 Å². The maximum absolute atomic E-state index is 12.9. The average Bonchev–Trinajstić information content (AvgIpc) is 3.41. The molecule has 0 spiro atoms. The number of aromatic amines is 1. The number of fused-ring (bicyclic) bond motifs is 1. The van der Waals surface area contributed by atoms with E-state index in [0.717, 1.165) is 32.7 Å². The number of piperazine rings is 1. The Labute approximate surface area is 218 Å². The minimum absolute atomic E-state index is 0.118. The molecule has 0 amide bonds. The van der Waals surface area contributed by atoms with E-state index in [1.807, 2.05) is 0 Å². The standard InChI is InChI=1S/C26H37N7O3S/c1-2-32-12-14-33(15-13-32)16-17-37(34,35)22-10-8-21(9-11-22)29-26-30-24-23(27-19-28-24)25(31-26)36-18-20-6-4-3-5-7-20/h8-11,19-20H,2-7,12-18H2,1H3,(H2,27,28,29,30,31). The normalized spacial score (nSPS) is 18.3. The number of nitrogens with zero attached hydrogens (tertiary/aromatic N) is 5. The lowest BCUT2D eigenvalue weighted by atomic mass is 9.90. The second-order valence-electron chi connectivity index (χ2n) is 10.0. The van der Waals surface area contributed by atoms with Gasteiger partial charge in [-0.3, -0.25) is 4.90 Å². The van der Waals surface area contributed by atoms with Gasteiger partial charge in [0.1, 0.15) is 5.52 Å². The maximum Gasteiger partial charge on any atom is 0.245 e. The Balaban J connectivity index is 1.21. The van der Waals surface area contributed by atoms with Crippen LogP contribution in [0.2, 0.25) is 0 Å². The largest absolute Gasteiger partial charge is 0.476 e. The van der Waals surface area contributed by atoms with Gasteiger partial charge in [-0.25, -0.2) is 13.4 Å². The van der Waals surface area contributed by atoms with Crippen LogP contribution >= 0.6 is 0 Å². The van der Waals surface area contributed by atoms with Crippen molar-refractivity contribution in [2.75, 3.05) is 56.9 Å². The number of nitrogens with one attached hydrogen (secondary N) is 2. The molecule has 3 heterocycles. The zero-order valence-corrected chi connectivity index (χ0v) is 22.3. The van der Waals surface area contributed by atoms with Gasteiger partial charge in [-0.1, -0.05) is 26.2 Å². The van der Waals surface area contributed by atoms with Crippen LogP contribution in [-0.2, 0) is 9.84 Å². The van der Waals surface area contributed by atoms with Crippen LogP contribution in [0, 0.1) is 5.92 Å². The Bertz CT molecular complexity index is 1270. The summed E-state index contributed by atoms with van der Waals surface area (Å²) in [6, 6.07) is 6.77. The van der Waals surface area contributed by atoms with Crippen molar-refractivity contribution >= 4 is 32.6 Å². The van der Waals surface area contributed by atoms with Gasteiger partial charge in [0.15, 0.2) is 15.5 Å². The van der Waals surface area contributed by atoms with Gasteiger partial charge in [0.25, 0.3) is 0 Å². The van der Waals surface area contributed by atoms with E-state index in [-0.39, 0.29) is 5.75 Å². The second-order valence-corrected chi connectivity index (χ2v) is 12.1. The van der Waals surface area contributed by atoms with Gasteiger partial charge in [-0.05, 0) is 49.6 Å². The van der Waals surface area contributed by atoms with Crippen molar-refractivity contribution < 1.29 is 13.2 Å². The van der Waals surface area contributed by atoms with Crippen LogP contribution in [0.25, 0.3) is 11.2 Å². The molecule has 10 nitrogen and oxygen atoms in total. The number of hydrogen-bond donors (Lipinski definition) is 2. The SMILES string of the molecule is CCN1CCN(CCS(=O)(=O)c2ccc(Nc3nc(OCC4CCCCC4)c4[nH]cnc4n3)cc2)CC1. The zero-order chi connectivity index (χ0) is 25.7. The fraction of sp³-hybridized carbons (Fsp3) is 0.577. The molecule has 1 saturated heterocycles. The molecular formula is C26H37N7O3S. The summed E-state index contributed by atoms with van der Waals surface area (Å²) in [4.78, 5) is 21.3. The number of ether oxygens (including phenoxy) is 1. The highest BCUT2D eigenvalue weighted by molar-refractivity contribution is 7.91. The van der Waals surface area contributed by atoms with E-state index in [4.69, 9.17) is 4.74 Å². The molecule has 2 aliphatic rings. The quantitative estimate of drug-likeness (QED) is 0.409. The van der Waals surface area contributed by atoms with Crippen molar-refractivity contribution in [2.24, 2.45) is 5.92 Å². The van der Waals surface area contributed by atoms with Crippen molar-refractivity contribution in [3.63, 3.8) is 0 Å². The third-order valence-corrected chi connectivity index (χ3v) is 9.20.